The lowest BCUT2D eigenvalue weighted by Gasteiger charge is -2.34. The maximum Gasteiger partial charge on any atom is 0.225 e. The number of hydrogen-bond donors (Lipinski definition) is 1. The van der Waals surface area contributed by atoms with Crippen molar-refractivity contribution in [1.29, 1.82) is 0 Å². The molecule has 94 valence electrons. The van der Waals surface area contributed by atoms with Crippen LogP contribution in [-0.4, -0.2) is 37.0 Å². The average molecular weight is 247 g/mol. The van der Waals surface area contributed by atoms with Gasteiger partial charge in [-0.25, -0.2) is 0 Å². The summed E-state index contributed by atoms with van der Waals surface area (Å²) in [4.78, 5) is 14.2. The van der Waals surface area contributed by atoms with E-state index in [-0.39, 0.29) is 18.3 Å². The van der Waals surface area contributed by atoms with Crippen molar-refractivity contribution in [2.24, 2.45) is 11.8 Å². The largest absolute Gasteiger partial charge is 0.341 e. The first-order chi connectivity index (χ1) is 7.22. The molecule has 16 heavy (non-hydrogen) atoms. The van der Waals surface area contributed by atoms with Crippen molar-refractivity contribution in [3.63, 3.8) is 0 Å². The third-order valence-corrected chi connectivity index (χ3v) is 3.86. The molecule has 2 aliphatic rings. The molecular formula is C12H23ClN2O. The quantitative estimate of drug-likeness (QED) is 0.822. The number of piperidine rings is 1. The highest BCUT2D eigenvalue weighted by Gasteiger charge is 2.35. The van der Waals surface area contributed by atoms with Crippen LogP contribution in [-0.2, 0) is 4.79 Å². The summed E-state index contributed by atoms with van der Waals surface area (Å²) in [6.45, 7) is 3.98. The molecule has 1 aliphatic heterocycles. The van der Waals surface area contributed by atoms with Crippen molar-refractivity contribution in [2.45, 2.75) is 38.6 Å². The predicted octanol–water partition coefficient (Wildman–Crippen LogP) is 1.66. The molecule has 0 aromatic heterocycles. The van der Waals surface area contributed by atoms with Gasteiger partial charge in [-0.2, -0.15) is 0 Å². The number of carbonyl (C=O) groups excluding carboxylic acids is 1. The first-order valence-electron chi connectivity index (χ1n) is 6.18. The van der Waals surface area contributed by atoms with E-state index in [1.807, 2.05) is 7.05 Å². The smallest absolute Gasteiger partial charge is 0.225 e. The molecule has 2 unspecified atom stereocenters. The lowest BCUT2D eigenvalue weighted by molar-refractivity contribution is -0.137. The Hall–Kier alpha value is -0.280. The molecule has 2 fully saturated rings. The molecule has 1 N–H and O–H groups in total. The molecule has 3 nitrogen and oxygen atoms in total. The number of amides is 1. The molecule has 0 spiro atoms. The lowest BCUT2D eigenvalue weighted by atomic mass is 10.0. The average Bonchev–Trinajstić information content (AvgIpc) is 3.11. The molecule has 0 radical (unpaired) electrons. The second-order valence-corrected chi connectivity index (χ2v) is 5.04. The monoisotopic (exact) mass is 246 g/mol. The van der Waals surface area contributed by atoms with Crippen LogP contribution in [0.1, 0.15) is 32.6 Å². The highest BCUT2D eigenvalue weighted by Crippen LogP contribution is 2.37. The van der Waals surface area contributed by atoms with E-state index in [0.29, 0.717) is 17.9 Å². The second-order valence-electron chi connectivity index (χ2n) is 5.04. The van der Waals surface area contributed by atoms with E-state index in [4.69, 9.17) is 0 Å². The van der Waals surface area contributed by atoms with Gasteiger partial charge in [0.1, 0.15) is 0 Å². The van der Waals surface area contributed by atoms with Crippen LogP contribution in [0.2, 0.25) is 0 Å². The fourth-order valence-electron chi connectivity index (χ4n) is 2.50. The molecule has 1 heterocycles. The zero-order valence-corrected chi connectivity index (χ0v) is 11.1. The van der Waals surface area contributed by atoms with E-state index in [1.54, 1.807) is 0 Å². The number of nitrogens with one attached hydrogen (secondary N) is 1. The first-order valence-corrected chi connectivity index (χ1v) is 6.18. The van der Waals surface area contributed by atoms with Gasteiger partial charge in [-0.05, 0) is 38.6 Å². The van der Waals surface area contributed by atoms with E-state index >= 15 is 0 Å². The number of likely N-dealkylation sites (tertiary alicyclic amines) is 1. The summed E-state index contributed by atoms with van der Waals surface area (Å²) >= 11 is 0. The van der Waals surface area contributed by atoms with Gasteiger partial charge in [0, 0.05) is 25.0 Å². The van der Waals surface area contributed by atoms with Crippen LogP contribution in [0.3, 0.4) is 0 Å². The molecule has 1 aliphatic carbocycles. The Morgan fingerprint density at radius 2 is 2.06 bits per heavy atom. The first kappa shape index (κ1) is 13.8. The van der Waals surface area contributed by atoms with Crippen LogP contribution < -0.4 is 5.32 Å². The summed E-state index contributed by atoms with van der Waals surface area (Å²) in [5.74, 6) is 1.34. The van der Waals surface area contributed by atoms with Crippen molar-refractivity contribution < 1.29 is 4.79 Å². The third-order valence-electron chi connectivity index (χ3n) is 3.86. The van der Waals surface area contributed by atoms with Crippen LogP contribution >= 0.6 is 12.4 Å². The standard InChI is InChI=1S/C12H22N2O.ClH/c1-9(10-5-6-10)12(15)14-7-3-4-11(8-14)13-2;/h9-11,13H,3-8H2,1-2H3;1H. The van der Waals surface area contributed by atoms with E-state index in [2.05, 4.69) is 17.1 Å². The van der Waals surface area contributed by atoms with Crippen molar-refractivity contribution >= 4 is 18.3 Å². The Morgan fingerprint density at radius 1 is 1.38 bits per heavy atom. The van der Waals surface area contributed by atoms with Crippen molar-refractivity contribution in [2.75, 3.05) is 20.1 Å². The Labute approximate surface area is 104 Å². The minimum Gasteiger partial charge on any atom is -0.341 e. The minimum absolute atomic E-state index is 0. The topological polar surface area (TPSA) is 32.3 Å². The van der Waals surface area contributed by atoms with E-state index in [9.17, 15) is 4.79 Å². The molecule has 2 rings (SSSR count). The maximum absolute atomic E-state index is 12.1. The molecule has 4 heteroatoms. The number of halogens is 1. The molecule has 1 saturated carbocycles. The zero-order valence-electron chi connectivity index (χ0n) is 10.2. The Kier molecular flexibility index (Phi) is 5.06. The molecule has 0 aromatic rings. The van der Waals surface area contributed by atoms with E-state index in [0.717, 1.165) is 19.5 Å². The molecule has 2 atom stereocenters. The highest BCUT2D eigenvalue weighted by atomic mass is 35.5. The van der Waals surface area contributed by atoms with Gasteiger partial charge >= 0.3 is 0 Å². The van der Waals surface area contributed by atoms with Gasteiger partial charge in [0.25, 0.3) is 0 Å². The molecule has 1 amide bonds. The normalized spacial score (nSPS) is 27.1. The van der Waals surface area contributed by atoms with Crippen LogP contribution in [0.5, 0.6) is 0 Å². The summed E-state index contributed by atoms with van der Waals surface area (Å²) in [5.41, 5.74) is 0. The van der Waals surface area contributed by atoms with E-state index < -0.39 is 0 Å². The molecular weight excluding hydrogens is 224 g/mol. The fourth-order valence-corrected chi connectivity index (χ4v) is 2.50. The lowest BCUT2D eigenvalue weighted by Crippen LogP contribution is -2.48. The van der Waals surface area contributed by atoms with Crippen molar-refractivity contribution in [1.82, 2.24) is 10.2 Å². The van der Waals surface area contributed by atoms with Crippen molar-refractivity contribution in [3.05, 3.63) is 0 Å². The van der Waals surface area contributed by atoms with Gasteiger partial charge in [-0.15, -0.1) is 12.4 Å². The van der Waals surface area contributed by atoms with Crippen LogP contribution in [0.4, 0.5) is 0 Å². The summed E-state index contributed by atoms with van der Waals surface area (Å²) < 4.78 is 0. The van der Waals surface area contributed by atoms with Gasteiger partial charge < -0.3 is 10.2 Å². The fraction of sp³-hybridized carbons (Fsp3) is 0.917. The SMILES string of the molecule is CNC1CCCN(C(=O)C(C)C2CC2)C1.Cl. The third kappa shape index (κ3) is 3.11. The maximum atomic E-state index is 12.1. The summed E-state index contributed by atoms with van der Waals surface area (Å²) in [7, 11) is 1.99. The van der Waals surface area contributed by atoms with E-state index in [1.165, 1.54) is 19.3 Å². The van der Waals surface area contributed by atoms with Gasteiger partial charge in [-0.3, -0.25) is 4.79 Å². The second kappa shape index (κ2) is 5.87. The number of rotatable bonds is 3. The Balaban J connectivity index is 0.00000128. The van der Waals surface area contributed by atoms with Crippen LogP contribution in [0, 0.1) is 11.8 Å². The number of carbonyl (C=O) groups is 1. The molecule has 0 aromatic carbocycles. The minimum atomic E-state index is 0. The van der Waals surface area contributed by atoms with Gasteiger partial charge in [-0.1, -0.05) is 6.92 Å². The summed E-state index contributed by atoms with van der Waals surface area (Å²) in [5, 5.41) is 3.28. The number of nitrogens with zero attached hydrogens (tertiary/aromatic N) is 1. The molecule has 1 saturated heterocycles. The van der Waals surface area contributed by atoms with Crippen LogP contribution in [0.15, 0.2) is 0 Å². The highest BCUT2D eigenvalue weighted by molar-refractivity contribution is 5.85. The number of hydrogen-bond acceptors (Lipinski definition) is 2. The summed E-state index contributed by atoms with van der Waals surface area (Å²) in [6, 6.07) is 0.508. The predicted molar refractivity (Wildman–Crippen MR) is 67.8 cm³/mol. The Bertz CT molecular complexity index is 243. The van der Waals surface area contributed by atoms with Crippen molar-refractivity contribution in [3.8, 4) is 0 Å². The van der Waals surface area contributed by atoms with Gasteiger partial charge in [0.2, 0.25) is 5.91 Å². The van der Waals surface area contributed by atoms with Gasteiger partial charge in [0.05, 0.1) is 0 Å². The van der Waals surface area contributed by atoms with Crippen LogP contribution in [0.25, 0.3) is 0 Å². The number of likely N-dealkylation sites (N-methyl/N-ethyl adjacent to an activating group) is 1. The van der Waals surface area contributed by atoms with Gasteiger partial charge in [0.15, 0.2) is 0 Å². The zero-order chi connectivity index (χ0) is 10.8. The Morgan fingerprint density at radius 3 is 2.62 bits per heavy atom. The summed E-state index contributed by atoms with van der Waals surface area (Å²) in [6.07, 6.45) is 4.87. The molecule has 0 bridgehead atoms.